The zero-order valence-corrected chi connectivity index (χ0v) is 17.7. The number of nitrogens with two attached hydrogens (primary N) is 1. The fraction of sp³-hybridized carbons (Fsp3) is 0.476. The van der Waals surface area contributed by atoms with E-state index in [-0.39, 0.29) is 12.6 Å². The van der Waals surface area contributed by atoms with Crippen LogP contribution in [0.3, 0.4) is 0 Å². The van der Waals surface area contributed by atoms with Gasteiger partial charge in [-0.3, -0.25) is 4.98 Å². The molecule has 6 N–H and O–H groups in total. The number of aliphatic hydroxyl groups excluding tert-OH is 3. The van der Waals surface area contributed by atoms with Crippen molar-refractivity contribution in [1.29, 1.82) is 0 Å². The molecule has 0 aliphatic heterocycles. The average Bonchev–Trinajstić information content (AvgIpc) is 3.24. The van der Waals surface area contributed by atoms with Crippen molar-refractivity contribution in [3.63, 3.8) is 0 Å². The summed E-state index contributed by atoms with van der Waals surface area (Å²) in [5, 5.41) is 34.1. The molecule has 4 atom stereocenters. The molecule has 166 valence electrons. The molecule has 0 bridgehead atoms. The predicted molar refractivity (Wildman–Crippen MR) is 114 cm³/mol. The number of anilines is 2. The highest BCUT2D eigenvalue weighted by Crippen LogP contribution is 2.37. The number of nitrogens with one attached hydrogen (secondary N) is 1. The average molecular weight is 429 g/mol. The third kappa shape index (κ3) is 3.94. The second-order valence-corrected chi connectivity index (χ2v) is 7.96. The van der Waals surface area contributed by atoms with Gasteiger partial charge in [-0.25, -0.2) is 4.98 Å². The number of methoxy groups -OCH3 is 1. The Balaban J connectivity index is 1.76. The van der Waals surface area contributed by atoms with E-state index in [1.165, 1.54) is 0 Å². The molecule has 31 heavy (non-hydrogen) atoms. The van der Waals surface area contributed by atoms with E-state index >= 15 is 0 Å². The lowest BCUT2D eigenvalue weighted by Gasteiger charge is -2.20. The maximum absolute atomic E-state index is 10.4. The highest BCUT2D eigenvalue weighted by Gasteiger charge is 2.41. The van der Waals surface area contributed by atoms with Crippen LogP contribution < -0.4 is 11.1 Å². The highest BCUT2D eigenvalue weighted by molar-refractivity contribution is 5.87. The van der Waals surface area contributed by atoms with Crippen molar-refractivity contribution < 1.29 is 24.5 Å². The summed E-state index contributed by atoms with van der Waals surface area (Å²) in [5.41, 5.74) is 9.26. The number of ether oxygens (including phenoxy) is 1. The predicted octanol–water partition coefficient (Wildman–Crippen LogP) is 1.14. The Labute approximate surface area is 179 Å². The van der Waals surface area contributed by atoms with Gasteiger partial charge in [0.25, 0.3) is 0 Å². The van der Waals surface area contributed by atoms with Gasteiger partial charge in [0, 0.05) is 25.0 Å². The number of nitrogens with zero attached hydrogens (tertiary/aromatic N) is 3. The van der Waals surface area contributed by atoms with Crippen molar-refractivity contribution in [2.45, 2.75) is 45.1 Å². The monoisotopic (exact) mass is 429 g/mol. The van der Waals surface area contributed by atoms with Gasteiger partial charge in [0.1, 0.15) is 17.7 Å². The van der Waals surface area contributed by atoms with Crippen LogP contribution in [-0.2, 0) is 11.3 Å². The molecule has 3 heterocycles. The normalized spacial score (nSPS) is 23.5. The summed E-state index contributed by atoms with van der Waals surface area (Å²) in [7, 11) is 1.62. The smallest absolute Gasteiger partial charge is 0.222 e. The van der Waals surface area contributed by atoms with Crippen LogP contribution in [0.5, 0.6) is 0 Å². The molecule has 10 heteroatoms. The standard InChI is InChI=1S/C21H27N5O5/c1-9-16(15-6-11-4-13(8-30-3)23-10(2)19(11)31-15)20(26-21(22)24-9)25-14-5-12(7-27)17(28)18(14)29/h4,6,12,14,17-18,27-29H,5,7-8H2,1-3H3,(H3,22,24,25,26)/t12-,14-,17-,18+/m1/s1. The molecule has 3 aromatic rings. The Kier molecular flexibility index (Phi) is 5.80. The van der Waals surface area contributed by atoms with Crippen molar-refractivity contribution in [3.05, 3.63) is 29.2 Å². The number of aromatic nitrogens is 3. The van der Waals surface area contributed by atoms with E-state index < -0.39 is 24.2 Å². The first-order valence-electron chi connectivity index (χ1n) is 10.1. The number of hydrogen-bond donors (Lipinski definition) is 5. The number of rotatable bonds is 6. The molecule has 0 aromatic carbocycles. The zero-order chi connectivity index (χ0) is 22.3. The van der Waals surface area contributed by atoms with Crippen LogP contribution in [0.25, 0.3) is 22.3 Å². The summed E-state index contributed by atoms with van der Waals surface area (Å²) in [4.78, 5) is 13.1. The summed E-state index contributed by atoms with van der Waals surface area (Å²) in [6, 6.07) is 3.27. The summed E-state index contributed by atoms with van der Waals surface area (Å²) in [6.45, 7) is 3.84. The number of fused-ring (bicyclic) bond motifs is 1. The van der Waals surface area contributed by atoms with Crippen LogP contribution in [0.1, 0.15) is 23.5 Å². The number of furan rings is 1. The van der Waals surface area contributed by atoms with Crippen LogP contribution in [0.15, 0.2) is 16.5 Å². The molecular weight excluding hydrogens is 402 g/mol. The number of hydrogen-bond acceptors (Lipinski definition) is 10. The lowest BCUT2D eigenvalue weighted by molar-refractivity contribution is 0.00446. The Morgan fingerprint density at radius 2 is 1.94 bits per heavy atom. The maximum Gasteiger partial charge on any atom is 0.222 e. The zero-order valence-electron chi connectivity index (χ0n) is 17.7. The SMILES string of the molecule is COCc1cc2cc(-c3c(C)nc(N)nc3N[C@@H]3C[C@H](CO)[C@@H](O)[C@H]3O)oc2c(C)n1. The van der Waals surface area contributed by atoms with Gasteiger partial charge in [0.05, 0.1) is 41.4 Å². The molecular formula is C21H27N5O5. The second kappa shape index (κ2) is 8.39. The van der Waals surface area contributed by atoms with Crippen LogP contribution in [0.4, 0.5) is 11.8 Å². The van der Waals surface area contributed by atoms with Crippen LogP contribution in [-0.4, -0.2) is 62.2 Å². The Hall–Kier alpha value is -2.79. The van der Waals surface area contributed by atoms with E-state index in [0.717, 1.165) is 16.8 Å². The Morgan fingerprint density at radius 3 is 2.61 bits per heavy atom. The fourth-order valence-electron chi connectivity index (χ4n) is 4.24. The first-order valence-corrected chi connectivity index (χ1v) is 10.1. The summed E-state index contributed by atoms with van der Waals surface area (Å²) < 4.78 is 11.3. The van der Waals surface area contributed by atoms with Gasteiger partial charge in [-0.15, -0.1) is 0 Å². The highest BCUT2D eigenvalue weighted by atomic mass is 16.5. The number of nitrogen functional groups attached to an aromatic ring is 1. The van der Waals surface area contributed by atoms with Crippen molar-refractivity contribution in [3.8, 4) is 11.3 Å². The molecule has 10 nitrogen and oxygen atoms in total. The summed E-state index contributed by atoms with van der Waals surface area (Å²) in [5.74, 6) is 0.574. The fourth-order valence-corrected chi connectivity index (χ4v) is 4.24. The molecule has 1 aliphatic rings. The summed E-state index contributed by atoms with van der Waals surface area (Å²) in [6.07, 6.45) is -1.70. The van der Waals surface area contributed by atoms with Crippen molar-refractivity contribution in [2.24, 2.45) is 5.92 Å². The molecule has 0 saturated heterocycles. The molecule has 1 aliphatic carbocycles. The number of aryl methyl sites for hydroxylation is 2. The third-order valence-corrected chi connectivity index (χ3v) is 5.73. The first-order chi connectivity index (χ1) is 14.8. The molecule has 0 unspecified atom stereocenters. The third-order valence-electron chi connectivity index (χ3n) is 5.73. The van der Waals surface area contributed by atoms with Gasteiger partial charge >= 0.3 is 0 Å². The van der Waals surface area contributed by atoms with E-state index in [2.05, 4.69) is 20.3 Å². The largest absolute Gasteiger partial charge is 0.454 e. The van der Waals surface area contributed by atoms with E-state index in [1.807, 2.05) is 19.1 Å². The first kappa shape index (κ1) is 21.4. The van der Waals surface area contributed by atoms with E-state index in [4.69, 9.17) is 14.9 Å². The van der Waals surface area contributed by atoms with Gasteiger partial charge in [-0.05, 0) is 32.4 Å². The van der Waals surface area contributed by atoms with Crippen LogP contribution in [0.2, 0.25) is 0 Å². The van der Waals surface area contributed by atoms with E-state index in [1.54, 1.807) is 14.0 Å². The molecule has 1 saturated carbocycles. The quantitative estimate of drug-likeness (QED) is 0.384. The molecule has 4 rings (SSSR count). The molecule has 1 fully saturated rings. The number of aliphatic hydroxyl groups is 3. The second-order valence-electron chi connectivity index (χ2n) is 7.96. The lowest BCUT2D eigenvalue weighted by atomic mass is 10.1. The van der Waals surface area contributed by atoms with E-state index in [9.17, 15) is 15.3 Å². The molecule has 0 spiro atoms. The lowest BCUT2D eigenvalue weighted by Crippen LogP contribution is -2.35. The maximum atomic E-state index is 10.4. The molecule has 0 radical (unpaired) electrons. The summed E-state index contributed by atoms with van der Waals surface area (Å²) >= 11 is 0. The van der Waals surface area contributed by atoms with Gasteiger partial charge in [-0.1, -0.05) is 0 Å². The minimum absolute atomic E-state index is 0.0758. The van der Waals surface area contributed by atoms with Gasteiger partial charge < -0.3 is 35.5 Å². The van der Waals surface area contributed by atoms with Gasteiger partial charge in [-0.2, -0.15) is 4.98 Å². The van der Waals surface area contributed by atoms with Gasteiger partial charge in [0.15, 0.2) is 5.58 Å². The molecule has 3 aromatic heterocycles. The Morgan fingerprint density at radius 1 is 1.16 bits per heavy atom. The van der Waals surface area contributed by atoms with Crippen LogP contribution >= 0.6 is 0 Å². The van der Waals surface area contributed by atoms with Crippen molar-refractivity contribution in [2.75, 3.05) is 24.8 Å². The van der Waals surface area contributed by atoms with Crippen molar-refractivity contribution in [1.82, 2.24) is 15.0 Å². The van der Waals surface area contributed by atoms with Crippen molar-refractivity contribution >= 4 is 22.7 Å². The van der Waals surface area contributed by atoms with E-state index in [0.29, 0.717) is 41.4 Å². The topological polar surface area (TPSA) is 160 Å². The number of pyridine rings is 1. The minimum Gasteiger partial charge on any atom is -0.454 e. The van der Waals surface area contributed by atoms with Gasteiger partial charge in [0.2, 0.25) is 5.95 Å². The molecule has 0 amide bonds. The Bertz CT molecular complexity index is 1100. The minimum atomic E-state index is -1.06. The van der Waals surface area contributed by atoms with Crippen LogP contribution in [0, 0.1) is 19.8 Å².